The zero-order chi connectivity index (χ0) is 26.4. The van der Waals surface area contributed by atoms with Gasteiger partial charge >= 0.3 is 12.1 Å². The van der Waals surface area contributed by atoms with Crippen molar-refractivity contribution in [2.45, 2.75) is 31.6 Å². The van der Waals surface area contributed by atoms with Crippen LogP contribution in [0.4, 0.5) is 19.0 Å². The molecule has 3 aromatic rings. The molecule has 1 fully saturated rings. The monoisotopic (exact) mass is 512 g/mol. The van der Waals surface area contributed by atoms with Gasteiger partial charge in [-0.25, -0.2) is 9.78 Å². The molecule has 2 heterocycles. The first kappa shape index (κ1) is 26.6. The third-order valence-corrected chi connectivity index (χ3v) is 6.76. The van der Waals surface area contributed by atoms with Crippen molar-refractivity contribution in [2.75, 3.05) is 38.1 Å². The van der Waals surface area contributed by atoms with Crippen LogP contribution in [0.25, 0.3) is 11.1 Å². The number of anilines is 1. The number of carbonyl (C=O) groups is 1. The minimum atomic E-state index is -5.08. The fourth-order valence-corrected chi connectivity index (χ4v) is 4.61. The number of hydrogen-bond donors (Lipinski definition) is 2. The van der Waals surface area contributed by atoms with Crippen molar-refractivity contribution in [2.24, 2.45) is 0 Å². The number of carboxylic acids is 1. The highest BCUT2D eigenvalue weighted by Crippen LogP contribution is 2.34. The fourth-order valence-electron chi connectivity index (χ4n) is 4.61. The van der Waals surface area contributed by atoms with E-state index in [9.17, 15) is 13.2 Å². The van der Waals surface area contributed by atoms with Gasteiger partial charge in [0.2, 0.25) is 0 Å². The second kappa shape index (κ2) is 11.7. The Morgan fingerprint density at radius 2 is 1.73 bits per heavy atom. The number of piperazine rings is 1. The fraction of sp³-hybridized carbons (Fsp3) is 0.357. The first-order valence-electron chi connectivity index (χ1n) is 12.3. The summed E-state index contributed by atoms with van der Waals surface area (Å²) in [6.45, 7) is 5.19. The number of rotatable bonds is 5. The predicted octanol–water partition coefficient (Wildman–Crippen LogP) is 4.91. The SMILES string of the molecule is CN1CCN(c2ccc(CNC3CCc4ccc(-c5ccccc5)cc43)cn2)CC1.O=C(O)C(F)(F)F. The van der Waals surface area contributed by atoms with Crippen LogP contribution in [0.3, 0.4) is 0 Å². The Morgan fingerprint density at radius 3 is 2.35 bits per heavy atom. The van der Waals surface area contributed by atoms with Crippen LogP contribution in [-0.4, -0.2) is 60.4 Å². The summed E-state index contributed by atoms with van der Waals surface area (Å²) in [6.07, 6.45) is -0.722. The molecule has 1 atom stereocenters. The van der Waals surface area contributed by atoms with Gasteiger partial charge in [-0.2, -0.15) is 13.2 Å². The molecule has 0 bridgehead atoms. The van der Waals surface area contributed by atoms with E-state index in [0.29, 0.717) is 6.04 Å². The zero-order valence-corrected chi connectivity index (χ0v) is 20.7. The molecule has 1 aromatic heterocycles. The van der Waals surface area contributed by atoms with E-state index in [1.165, 1.54) is 34.2 Å². The molecule has 2 aromatic carbocycles. The lowest BCUT2D eigenvalue weighted by molar-refractivity contribution is -0.192. The summed E-state index contributed by atoms with van der Waals surface area (Å²) >= 11 is 0. The Hall–Kier alpha value is -3.43. The van der Waals surface area contributed by atoms with Crippen LogP contribution in [-0.2, 0) is 17.8 Å². The molecular weight excluding hydrogens is 481 g/mol. The minimum Gasteiger partial charge on any atom is -0.475 e. The number of nitrogens with zero attached hydrogens (tertiary/aromatic N) is 3. The van der Waals surface area contributed by atoms with Gasteiger partial charge in [-0.15, -0.1) is 0 Å². The lowest BCUT2D eigenvalue weighted by Crippen LogP contribution is -2.44. The Morgan fingerprint density at radius 1 is 1.03 bits per heavy atom. The van der Waals surface area contributed by atoms with Gasteiger partial charge in [-0.3, -0.25) is 0 Å². The lowest BCUT2D eigenvalue weighted by atomic mass is 9.99. The maximum Gasteiger partial charge on any atom is 0.490 e. The Balaban J connectivity index is 0.000000405. The van der Waals surface area contributed by atoms with E-state index in [1.807, 2.05) is 6.20 Å². The van der Waals surface area contributed by atoms with Crippen molar-refractivity contribution in [1.82, 2.24) is 15.2 Å². The summed E-state index contributed by atoms with van der Waals surface area (Å²) in [5, 5.41) is 10.9. The second-order valence-corrected chi connectivity index (χ2v) is 9.37. The third kappa shape index (κ3) is 7.08. The van der Waals surface area contributed by atoms with E-state index >= 15 is 0 Å². The van der Waals surface area contributed by atoms with Gasteiger partial charge in [-0.1, -0.05) is 48.5 Å². The Bertz CT molecular complexity index is 1180. The molecule has 1 aliphatic carbocycles. The molecule has 0 amide bonds. The quantitative estimate of drug-likeness (QED) is 0.506. The summed E-state index contributed by atoms with van der Waals surface area (Å²) in [5.41, 5.74) is 6.78. The van der Waals surface area contributed by atoms with E-state index in [4.69, 9.17) is 14.9 Å². The van der Waals surface area contributed by atoms with Gasteiger partial charge in [0.1, 0.15) is 5.82 Å². The predicted molar refractivity (Wildman–Crippen MR) is 137 cm³/mol. The van der Waals surface area contributed by atoms with Gasteiger partial charge in [0.15, 0.2) is 0 Å². The number of halogens is 3. The third-order valence-electron chi connectivity index (χ3n) is 6.76. The number of fused-ring (bicyclic) bond motifs is 1. The molecule has 1 saturated heterocycles. The lowest BCUT2D eigenvalue weighted by Gasteiger charge is -2.33. The minimum absolute atomic E-state index is 0.418. The summed E-state index contributed by atoms with van der Waals surface area (Å²) in [7, 11) is 2.18. The molecule has 0 radical (unpaired) electrons. The molecule has 5 rings (SSSR count). The summed E-state index contributed by atoms with van der Waals surface area (Å²) in [6, 6.07) is 22.4. The highest BCUT2D eigenvalue weighted by atomic mass is 19.4. The average Bonchev–Trinajstić information content (AvgIpc) is 3.31. The van der Waals surface area contributed by atoms with Crippen LogP contribution in [0, 0.1) is 0 Å². The van der Waals surface area contributed by atoms with Gasteiger partial charge in [-0.05, 0) is 59.8 Å². The first-order chi connectivity index (χ1) is 17.7. The second-order valence-electron chi connectivity index (χ2n) is 9.37. The van der Waals surface area contributed by atoms with Gasteiger partial charge in [0.05, 0.1) is 0 Å². The highest BCUT2D eigenvalue weighted by Gasteiger charge is 2.38. The number of nitrogens with one attached hydrogen (secondary N) is 1. The van der Waals surface area contributed by atoms with Crippen LogP contribution in [0.1, 0.15) is 29.2 Å². The number of alkyl halides is 3. The van der Waals surface area contributed by atoms with E-state index in [0.717, 1.165) is 45.0 Å². The van der Waals surface area contributed by atoms with Crippen LogP contribution in [0.5, 0.6) is 0 Å². The first-order valence-corrected chi connectivity index (χ1v) is 12.3. The smallest absolute Gasteiger partial charge is 0.475 e. The molecule has 196 valence electrons. The molecule has 2 aliphatic rings. The number of pyridine rings is 1. The largest absolute Gasteiger partial charge is 0.490 e. The molecule has 0 spiro atoms. The Kier molecular flexibility index (Phi) is 8.45. The number of carboxylic acid groups (broad SMARTS) is 1. The Labute approximate surface area is 214 Å². The summed E-state index contributed by atoms with van der Waals surface area (Å²) in [5.74, 6) is -1.65. The standard InChI is InChI=1S/C26H30N4.C2HF3O2/c1-29-13-15-30(16-14-29)26-12-7-20(19-28-26)18-27-25-11-10-22-8-9-23(17-24(22)25)21-5-3-2-4-6-21;3-2(4,5)1(6)7/h2-9,12,17,19,25,27H,10-11,13-16,18H2,1H3;(H,6,7). The van der Waals surface area contributed by atoms with Crippen LogP contribution in [0.15, 0.2) is 66.9 Å². The normalized spacial score (nSPS) is 17.6. The number of hydrogen-bond acceptors (Lipinski definition) is 5. The van der Waals surface area contributed by atoms with Crippen LogP contribution in [0.2, 0.25) is 0 Å². The van der Waals surface area contributed by atoms with Crippen molar-refractivity contribution >= 4 is 11.8 Å². The van der Waals surface area contributed by atoms with Crippen molar-refractivity contribution in [3.05, 3.63) is 83.6 Å². The van der Waals surface area contributed by atoms with E-state index in [-0.39, 0.29) is 0 Å². The van der Waals surface area contributed by atoms with Gasteiger partial charge < -0.3 is 20.2 Å². The van der Waals surface area contributed by atoms with Crippen molar-refractivity contribution in [3.63, 3.8) is 0 Å². The van der Waals surface area contributed by atoms with Gasteiger partial charge in [0, 0.05) is 45.0 Å². The molecule has 37 heavy (non-hydrogen) atoms. The molecule has 6 nitrogen and oxygen atoms in total. The summed E-state index contributed by atoms with van der Waals surface area (Å²) in [4.78, 5) is 18.4. The molecule has 2 N–H and O–H groups in total. The molecular formula is C28H31F3N4O2. The number of likely N-dealkylation sites (N-methyl/N-ethyl adjacent to an activating group) is 1. The molecule has 0 saturated carbocycles. The van der Waals surface area contributed by atoms with E-state index < -0.39 is 12.1 Å². The van der Waals surface area contributed by atoms with Gasteiger partial charge in [0.25, 0.3) is 0 Å². The van der Waals surface area contributed by atoms with E-state index in [2.05, 4.69) is 82.8 Å². The van der Waals surface area contributed by atoms with E-state index in [1.54, 1.807) is 0 Å². The maximum absolute atomic E-state index is 10.6. The number of aliphatic carboxylic acids is 1. The number of aromatic nitrogens is 1. The molecule has 1 aliphatic heterocycles. The number of aryl methyl sites for hydroxylation is 1. The number of benzene rings is 2. The maximum atomic E-state index is 10.6. The zero-order valence-electron chi connectivity index (χ0n) is 20.7. The highest BCUT2D eigenvalue weighted by molar-refractivity contribution is 5.73. The van der Waals surface area contributed by atoms with Crippen LogP contribution < -0.4 is 10.2 Å². The van der Waals surface area contributed by atoms with Crippen LogP contribution >= 0.6 is 0 Å². The van der Waals surface area contributed by atoms with Crippen molar-refractivity contribution in [1.29, 1.82) is 0 Å². The van der Waals surface area contributed by atoms with Crippen molar-refractivity contribution in [3.8, 4) is 11.1 Å². The summed E-state index contributed by atoms with van der Waals surface area (Å²) < 4.78 is 31.7. The average molecular weight is 513 g/mol. The topological polar surface area (TPSA) is 68.7 Å². The molecule has 1 unspecified atom stereocenters. The van der Waals surface area contributed by atoms with Crippen molar-refractivity contribution < 1.29 is 23.1 Å². The molecule has 9 heteroatoms.